The van der Waals surface area contributed by atoms with E-state index in [9.17, 15) is 0 Å². The number of fused-ring (bicyclic) bond motifs is 8. The average molecular weight is 373 g/mol. The van der Waals surface area contributed by atoms with Crippen molar-refractivity contribution in [1.29, 1.82) is 0 Å². The van der Waals surface area contributed by atoms with Crippen LogP contribution in [0, 0.1) is 13.8 Å². The fourth-order valence-electron chi connectivity index (χ4n) is 4.52. The number of rotatable bonds is 1. The van der Waals surface area contributed by atoms with Crippen LogP contribution in [0.3, 0.4) is 0 Å². The Kier molecular flexibility index (Phi) is 3.30. The zero-order valence-electron chi connectivity index (χ0n) is 16.3. The van der Waals surface area contributed by atoms with E-state index < -0.39 is 0 Å². The molecule has 3 aromatic heterocycles. The van der Waals surface area contributed by atoms with Crippen molar-refractivity contribution in [3.05, 3.63) is 90.0 Å². The summed E-state index contributed by atoms with van der Waals surface area (Å²) in [4.78, 5) is 10.1. The van der Waals surface area contributed by atoms with Gasteiger partial charge in [0.25, 0.3) is 0 Å². The molecule has 0 aliphatic carbocycles. The Morgan fingerprint density at radius 2 is 1.34 bits per heavy atom. The van der Waals surface area contributed by atoms with Crippen molar-refractivity contribution in [2.45, 2.75) is 13.8 Å². The van der Waals surface area contributed by atoms with E-state index in [1.54, 1.807) is 0 Å². The quantitative estimate of drug-likeness (QED) is 0.309. The highest BCUT2D eigenvalue weighted by atomic mass is 15.0. The lowest BCUT2D eigenvalue weighted by Gasteiger charge is -2.12. The number of aryl methyl sites for hydroxylation is 2. The van der Waals surface area contributed by atoms with Crippen LogP contribution in [0.2, 0.25) is 0 Å². The molecular formula is C26H19N3. The van der Waals surface area contributed by atoms with Crippen LogP contribution in [0.5, 0.6) is 0 Å². The predicted molar refractivity (Wildman–Crippen MR) is 120 cm³/mol. The SMILES string of the molecule is Cc1cccc(C)c1-c1ccc2c(n1)c1ccccc1n1c3ccccc3nc21. The molecule has 3 nitrogen and oxygen atoms in total. The first-order valence-corrected chi connectivity index (χ1v) is 9.87. The second kappa shape index (κ2) is 5.89. The van der Waals surface area contributed by atoms with E-state index in [1.165, 1.54) is 16.7 Å². The summed E-state index contributed by atoms with van der Waals surface area (Å²) in [5.41, 5.74) is 9.94. The maximum atomic E-state index is 5.16. The lowest BCUT2D eigenvalue weighted by Crippen LogP contribution is -1.96. The number of imidazole rings is 1. The molecule has 29 heavy (non-hydrogen) atoms. The van der Waals surface area contributed by atoms with Gasteiger partial charge in [-0.1, -0.05) is 48.5 Å². The highest BCUT2D eigenvalue weighted by molar-refractivity contribution is 6.12. The van der Waals surface area contributed by atoms with Crippen LogP contribution < -0.4 is 0 Å². The van der Waals surface area contributed by atoms with Crippen molar-refractivity contribution in [2.75, 3.05) is 0 Å². The monoisotopic (exact) mass is 373 g/mol. The zero-order chi connectivity index (χ0) is 19.5. The van der Waals surface area contributed by atoms with Crippen LogP contribution in [0.1, 0.15) is 11.1 Å². The van der Waals surface area contributed by atoms with Crippen molar-refractivity contribution in [3.63, 3.8) is 0 Å². The second-order valence-corrected chi connectivity index (χ2v) is 7.64. The summed E-state index contributed by atoms with van der Waals surface area (Å²) in [6.07, 6.45) is 0. The van der Waals surface area contributed by atoms with Gasteiger partial charge >= 0.3 is 0 Å². The molecule has 0 aliphatic rings. The molecular weight excluding hydrogens is 354 g/mol. The van der Waals surface area contributed by atoms with Crippen molar-refractivity contribution in [3.8, 4) is 11.3 Å². The van der Waals surface area contributed by atoms with Gasteiger partial charge in [-0.3, -0.25) is 4.40 Å². The Morgan fingerprint density at radius 1 is 0.621 bits per heavy atom. The summed E-state index contributed by atoms with van der Waals surface area (Å²) >= 11 is 0. The van der Waals surface area contributed by atoms with Crippen LogP contribution in [0.15, 0.2) is 78.9 Å². The molecule has 0 unspecified atom stereocenters. The minimum absolute atomic E-state index is 0.959. The van der Waals surface area contributed by atoms with E-state index in [1.807, 2.05) is 6.07 Å². The lowest BCUT2D eigenvalue weighted by molar-refractivity contribution is 1.29. The second-order valence-electron chi connectivity index (χ2n) is 7.64. The molecule has 0 spiro atoms. The minimum atomic E-state index is 0.959. The third-order valence-electron chi connectivity index (χ3n) is 5.83. The van der Waals surface area contributed by atoms with Gasteiger partial charge in [0.1, 0.15) is 5.65 Å². The molecule has 0 aliphatic heterocycles. The molecule has 0 N–H and O–H groups in total. The molecule has 0 amide bonds. The minimum Gasteiger partial charge on any atom is -0.292 e. The van der Waals surface area contributed by atoms with E-state index >= 15 is 0 Å². The number of hydrogen-bond donors (Lipinski definition) is 0. The lowest BCUT2D eigenvalue weighted by atomic mass is 9.99. The largest absolute Gasteiger partial charge is 0.292 e. The molecule has 6 rings (SSSR count). The van der Waals surface area contributed by atoms with Gasteiger partial charge in [0, 0.05) is 16.3 Å². The first-order valence-electron chi connectivity index (χ1n) is 9.87. The van der Waals surface area contributed by atoms with Gasteiger partial charge < -0.3 is 0 Å². The molecule has 6 aromatic rings. The first-order chi connectivity index (χ1) is 14.2. The highest BCUT2D eigenvalue weighted by Gasteiger charge is 2.15. The summed E-state index contributed by atoms with van der Waals surface area (Å²) < 4.78 is 2.26. The van der Waals surface area contributed by atoms with Gasteiger partial charge in [0.05, 0.1) is 27.8 Å². The maximum absolute atomic E-state index is 5.16. The average Bonchev–Trinajstić information content (AvgIpc) is 3.14. The number of pyridine rings is 2. The van der Waals surface area contributed by atoms with Crippen LogP contribution in [-0.2, 0) is 0 Å². The topological polar surface area (TPSA) is 30.2 Å². The standard InChI is InChI=1S/C26H19N3/c1-16-8-7-9-17(2)24(16)21-15-14-19-25(27-21)18-10-3-5-12-22(18)29-23-13-6-4-11-20(23)28-26(19)29/h3-15H,1-2H3. The van der Waals surface area contributed by atoms with Crippen molar-refractivity contribution < 1.29 is 0 Å². The van der Waals surface area contributed by atoms with E-state index in [-0.39, 0.29) is 0 Å². The highest BCUT2D eigenvalue weighted by Crippen LogP contribution is 2.34. The first kappa shape index (κ1) is 16.3. The molecule has 0 atom stereocenters. The molecule has 3 aromatic carbocycles. The van der Waals surface area contributed by atoms with E-state index in [0.717, 1.165) is 44.2 Å². The van der Waals surface area contributed by atoms with Gasteiger partial charge in [-0.15, -0.1) is 0 Å². The molecule has 0 bridgehead atoms. The smallest absolute Gasteiger partial charge is 0.147 e. The fraction of sp³-hybridized carbons (Fsp3) is 0.0769. The fourth-order valence-corrected chi connectivity index (χ4v) is 4.52. The Hall–Kier alpha value is -3.72. The molecule has 0 radical (unpaired) electrons. The maximum Gasteiger partial charge on any atom is 0.147 e. The van der Waals surface area contributed by atoms with Gasteiger partial charge in [0.2, 0.25) is 0 Å². The van der Waals surface area contributed by atoms with Gasteiger partial charge in [-0.2, -0.15) is 0 Å². The summed E-state index contributed by atoms with van der Waals surface area (Å²) in [6.45, 7) is 4.30. The predicted octanol–water partition coefficient (Wildman–Crippen LogP) is 6.47. The van der Waals surface area contributed by atoms with E-state index in [0.29, 0.717) is 0 Å². The number of benzene rings is 3. The van der Waals surface area contributed by atoms with Crippen LogP contribution in [-0.4, -0.2) is 14.4 Å². The number of hydrogen-bond acceptors (Lipinski definition) is 2. The van der Waals surface area contributed by atoms with E-state index in [4.69, 9.17) is 9.97 Å². The normalized spacial score (nSPS) is 11.8. The van der Waals surface area contributed by atoms with Crippen LogP contribution in [0.25, 0.3) is 49.7 Å². The Balaban J connectivity index is 1.81. The number of para-hydroxylation sites is 3. The third-order valence-corrected chi connectivity index (χ3v) is 5.83. The summed E-state index contributed by atoms with van der Waals surface area (Å²) in [5.74, 6) is 0. The van der Waals surface area contributed by atoms with Crippen molar-refractivity contribution >= 4 is 38.5 Å². The van der Waals surface area contributed by atoms with Gasteiger partial charge in [-0.25, -0.2) is 9.97 Å². The van der Waals surface area contributed by atoms with Gasteiger partial charge in [-0.05, 0) is 55.3 Å². The Labute approximate surface area is 168 Å². The summed E-state index contributed by atoms with van der Waals surface area (Å²) in [5, 5.41) is 2.22. The number of nitrogens with zero attached hydrogens (tertiary/aromatic N) is 3. The molecule has 3 heterocycles. The summed E-state index contributed by atoms with van der Waals surface area (Å²) in [6, 6.07) is 27.5. The van der Waals surface area contributed by atoms with E-state index in [2.05, 4.69) is 91.0 Å². The summed E-state index contributed by atoms with van der Waals surface area (Å²) in [7, 11) is 0. The molecule has 0 saturated heterocycles. The van der Waals surface area contributed by atoms with Crippen LogP contribution in [0.4, 0.5) is 0 Å². The molecule has 0 saturated carbocycles. The Morgan fingerprint density at radius 3 is 2.17 bits per heavy atom. The Bertz CT molecular complexity index is 1550. The third kappa shape index (κ3) is 2.24. The molecule has 3 heteroatoms. The molecule has 0 fully saturated rings. The van der Waals surface area contributed by atoms with Crippen LogP contribution >= 0.6 is 0 Å². The van der Waals surface area contributed by atoms with Crippen molar-refractivity contribution in [1.82, 2.24) is 14.4 Å². The molecule has 138 valence electrons. The zero-order valence-corrected chi connectivity index (χ0v) is 16.3. The van der Waals surface area contributed by atoms with Crippen molar-refractivity contribution in [2.24, 2.45) is 0 Å². The van der Waals surface area contributed by atoms with Gasteiger partial charge in [0.15, 0.2) is 0 Å². The number of aromatic nitrogens is 3.